The predicted octanol–water partition coefficient (Wildman–Crippen LogP) is 39.2. The Morgan fingerprint density at radius 1 is 0.182 bits per heavy atom. The van der Waals surface area contributed by atoms with Gasteiger partial charge < -0.3 is 20.4 Å². The molecule has 3 aliphatic heterocycles. The molecule has 694 valence electrons. The van der Waals surface area contributed by atoms with Gasteiger partial charge >= 0.3 is 0 Å². The third-order valence-electron chi connectivity index (χ3n) is 31.3. The third-order valence-corrected chi connectivity index (χ3v) is 37.1. The van der Waals surface area contributed by atoms with Crippen LogP contribution in [0, 0.1) is 0 Å². The van der Waals surface area contributed by atoms with Crippen molar-refractivity contribution in [3.05, 3.63) is 576 Å². The van der Waals surface area contributed by atoms with Gasteiger partial charge in [0.1, 0.15) is 5.58 Å². The molecule has 26 aromatic rings. The Balaban J connectivity index is 0.000000103. The first-order valence-electron chi connectivity index (χ1n) is 50.5. The van der Waals surface area contributed by atoms with Crippen LogP contribution in [0.3, 0.4) is 0 Å². The Morgan fingerprint density at radius 2 is 0.574 bits per heavy atom. The van der Waals surface area contributed by atoms with Crippen molar-refractivity contribution >= 4 is 165 Å². The summed E-state index contributed by atoms with van der Waals surface area (Å²) in [6.45, 7) is 0. The summed E-state index contributed by atoms with van der Waals surface area (Å²) in [5.41, 5.74) is 41.0. The van der Waals surface area contributed by atoms with E-state index in [1.807, 2.05) is 64.0 Å². The van der Waals surface area contributed by atoms with E-state index in [4.69, 9.17) is 4.42 Å². The van der Waals surface area contributed by atoms with E-state index >= 15 is 0 Å². The second-order valence-electron chi connectivity index (χ2n) is 39.2. The summed E-state index contributed by atoms with van der Waals surface area (Å²) < 4.78 is 11.8. The molecule has 0 unspecified atom stereocenters. The van der Waals surface area contributed by atoms with Crippen molar-refractivity contribution in [2.45, 2.75) is 45.6 Å². The molecule has 23 aromatic carbocycles. The van der Waals surface area contributed by atoms with Crippen LogP contribution < -0.4 is 16.0 Å². The first-order valence-corrected chi connectivity index (χ1v) is 54.6. The van der Waals surface area contributed by atoms with E-state index in [0.29, 0.717) is 0 Å². The van der Waals surface area contributed by atoms with Crippen LogP contribution >= 0.6 is 58.0 Å². The molecule has 148 heavy (non-hydrogen) atoms. The molecule has 6 aliphatic rings. The fourth-order valence-corrected chi connectivity index (χ4v) is 31.3. The minimum atomic E-state index is -0.423. The van der Waals surface area contributed by atoms with Crippen LogP contribution in [0.2, 0.25) is 0 Å². The molecule has 0 atom stereocenters. The van der Waals surface area contributed by atoms with Crippen LogP contribution in [-0.4, -0.2) is 0 Å². The van der Waals surface area contributed by atoms with Crippen LogP contribution in [0.25, 0.3) is 151 Å². The van der Waals surface area contributed by atoms with E-state index in [9.17, 15) is 0 Å². The quantitative estimate of drug-likeness (QED) is 0.126. The third kappa shape index (κ3) is 13.4. The van der Waals surface area contributed by atoms with Gasteiger partial charge in [-0.1, -0.05) is 430 Å². The highest BCUT2D eigenvalue weighted by Gasteiger charge is 2.54. The number of fused-ring (bicyclic) bond motifs is 37. The minimum Gasteiger partial charge on any atom is -0.454 e. The van der Waals surface area contributed by atoms with Crippen molar-refractivity contribution in [2.24, 2.45) is 0 Å². The average molecular weight is 1980 g/mol. The molecule has 4 nitrogen and oxygen atoms in total. The molecule has 9 heteroatoms. The van der Waals surface area contributed by atoms with E-state index in [1.54, 1.807) is 0 Å². The molecule has 3 spiro atoms. The lowest BCUT2D eigenvalue weighted by atomic mass is 9.67. The van der Waals surface area contributed by atoms with Crippen LogP contribution in [-0.2, 0) is 16.2 Å². The van der Waals surface area contributed by atoms with Crippen molar-refractivity contribution in [3.8, 4) is 77.9 Å². The molecular formula is C139H87N3OS5. The van der Waals surface area contributed by atoms with Crippen LogP contribution in [0.4, 0.5) is 34.1 Å². The summed E-state index contributed by atoms with van der Waals surface area (Å²) in [5, 5.41) is 21.6. The topological polar surface area (TPSA) is 49.2 Å². The zero-order valence-electron chi connectivity index (χ0n) is 79.9. The van der Waals surface area contributed by atoms with Crippen molar-refractivity contribution in [1.82, 2.24) is 0 Å². The summed E-state index contributed by atoms with van der Waals surface area (Å²) in [6.07, 6.45) is 0. The maximum Gasteiger partial charge on any atom is 0.158 e. The molecule has 3 N–H and O–H groups in total. The zero-order valence-corrected chi connectivity index (χ0v) is 84.0. The number of furan rings is 1. The number of thiophene rings is 2. The molecule has 32 rings (SSSR count). The Morgan fingerprint density at radius 3 is 1.17 bits per heavy atom. The van der Waals surface area contributed by atoms with Crippen LogP contribution in [0.5, 0.6) is 0 Å². The predicted molar refractivity (Wildman–Crippen MR) is 625 cm³/mol. The molecule has 0 bridgehead atoms. The monoisotopic (exact) mass is 1970 g/mol. The highest BCUT2D eigenvalue weighted by Crippen LogP contribution is 2.67. The first-order chi connectivity index (χ1) is 73.3. The Bertz CT molecular complexity index is 9850. The van der Waals surface area contributed by atoms with Gasteiger partial charge in [-0.3, -0.25) is 0 Å². The molecule has 3 aromatic heterocycles. The van der Waals surface area contributed by atoms with Crippen LogP contribution in [0.15, 0.2) is 543 Å². The molecular weight excluding hydrogens is 1890 g/mol. The summed E-state index contributed by atoms with van der Waals surface area (Å²) in [4.78, 5) is 7.79. The fourth-order valence-electron chi connectivity index (χ4n) is 25.1. The number of anilines is 6. The van der Waals surface area contributed by atoms with E-state index in [-0.39, 0.29) is 5.41 Å². The second-order valence-corrected chi connectivity index (χ2v) is 44.5. The molecule has 3 aliphatic carbocycles. The van der Waals surface area contributed by atoms with Gasteiger partial charge in [-0.2, -0.15) is 0 Å². The molecule has 6 heterocycles. The zero-order chi connectivity index (χ0) is 97.3. The van der Waals surface area contributed by atoms with Crippen molar-refractivity contribution < 1.29 is 4.42 Å². The first kappa shape index (κ1) is 86.5. The Labute approximate surface area is 877 Å². The lowest BCUT2D eigenvalue weighted by Gasteiger charge is -2.40. The smallest absolute Gasteiger partial charge is 0.158 e. The maximum absolute atomic E-state index is 6.59. The lowest BCUT2D eigenvalue weighted by molar-refractivity contribution is 0.670. The number of nitrogens with one attached hydrogen (secondary N) is 3. The minimum absolute atomic E-state index is 0.345. The molecule has 0 fully saturated rings. The normalized spacial score (nSPS) is 13.6. The maximum atomic E-state index is 6.59. The standard InChI is InChI=1S/C49H31NOS.C47H29NS2.C43H27NS2/c1-2-13-31(14-3-1)32-15-12-16-33(27-32)34-28-39-38-19-6-10-23-45(38)51-48(39)44(29-34)50-35-25-26-43-47(30-35)52-46-24-11-9-22-42(46)49(43)40-20-7-4-17-36(40)37-18-5-8-21-41(37)49;1-2-11-29(12-3-1)34-17-10-18-38-37-23-21-33(28-44(37)50-46(34)38)48-32-22-24-43-42(27-32)47(41-25-30-13-4-5-14-31(30)26-45(41)49-43)39-19-8-6-15-35(39)36-16-7-9-20-40(36)47;1-2-12-27(13-3-1)29-16-11-23-39-41(29)32-17-10-21-37(42(32)46-39)44-28-24-25-36-40(26-28)45-38-22-9-8-20-35(38)43(36)33-18-6-4-14-30(33)31-15-5-7-19-34(31)43/h1-30,50H;1-28,48H;1-26,44H. The number of hydrogen-bond acceptors (Lipinski definition) is 9. The van der Waals surface area contributed by atoms with E-state index in [1.165, 1.54) is 214 Å². The second kappa shape index (κ2) is 34.6. The summed E-state index contributed by atoms with van der Waals surface area (Å²) in [7, 11) is 0. The van der Waals surface area contributed by atoms with Gasteiger partial charge in [0.2, 0.25) is 0 Å². The number of para-hydroxylation sites is 1. The highest BCUT2D eigenvalue weighted by molar-refractivity contribution is 8.00. The van der Waals surface area contributed by atoms with Crippen molar-refractivity contribution in [3.63, 3.8) is 0 Å². The van der Waals surface area contributed by atoms with E-state index in [2.05, 4.69) is 519 Å². The van der Waals surface area contributed by atoms with Gasteiger partial charge in [0, 0.05) is 98.5 Å². The van der Waals surface area contributed by atoms with Gasteiger partial charge in [0.05, 0.1) is 32.3 Å². The largest absolute Gasteiger partial charge is 0.454 e. The summed E-state index contributed by atoms with van der Waals surface area (Å²) in [6, 6.07) is 187. The Kier molecular flexibility index (Phi) is 20.2. The number of benzene rings is 23. The van der Waals surface area contributed by atoms with Gasteiger partial charge in [0.15, 0.2) is 5.58 Å². The lowest BCUT2D eigenvalue weighted by Crippen LogP contribution is -2.32. The van der Waals surface area contributed by atoms with Crippen molar-refractivity contribution in [2.75, 3.05) is 16.0 Å². The average Bonchev–Trinajstić information content (AvgIpc) is 1.58. The van der Waals surface area contributed by atoms with Crippen LogP contribution in [0.1, 0.15) is 66.8 Å². The van der Waals surface area contributed by atoms with Gasteiger partial charge in [-0.15, -0.1) is 22.7 Å². The number of rotatable bonds is 10. The summed E-state index contributed by atoms with van der Waals surface area (Å²) >= 11 is 9.40. The van der Waals surface area contributed by atoms with Gasteiger partial charge in [0.25, 0.3) is 0 Å². The van der Waals surface area contributed by atoms with Gasteiger partial charge in [-0.05, 0) is 271 Å². The summed E-state index contributed by atoms with van der Waals surface area (Å²) in [5.74, 6) is 0. The van der Waals surface area contributed by atoms with E-state index < -0.39 is 10.8 Å². The molecule has 0 amide bonds. The number of hydrogen-bond donors (Lipinski definition) is 3. The molecule has 0 saturated heterocycles. The molecule has 0 radical (unpaired) electrons. The highest BCUT2D eigenvalue weighted by atomic mass is 32.2. The van der Waals surface area contributed by atoms with Gasteiger partial charge in [-0.25, -0.2) is 0 Å². The van der Waals surface area contributed by atoms with Crippen molar-refractivity contribution in [1.29, 1.82) is 0 Å². The Hall–Kier alpha value is -17.0. The molecule has 0 saturated carbocycles. The fraction of sp³-hybridized carbons (Fsp3) is 0.0216. The SMILES string of the molecule is c1ccc(-c2cccc(-c3cc(Nc4ccc5c(c4)Sc4ccccc4C54c5ccccc5-c5ccccc54)c4oc5ccccc5c4c3)c2)cc1.c1ccc(-c2cccc3c2sc2cc(Nc4ccc5c(c4)C4(c6cc7ccccc7cc6S5)c5ccccc5-c5ccccc54)ccc23)cc1.c1ccc(-c2cccc3sc4c(Nc5ccc6c(c5)Sc5ccccc5C65c6ccccc6-c6ccccc65)cccc4c23)cc1. The van der Waals surface area contributed by atoms with E-state index in [0.717, 1.165) is 67.2 Å².